The molecule has 0 N–H and O–H groups in total. The summed E-state index contributed by atoms with van der Waals surface area (Å²) in [6.45, 7) is 2.16. The Morgan fingerprint density at radius 2 is 1.70 bits per heavy atom. The third kappa shape index (κ3) is 4.30. The molecule has 1 aliphatic heterocycles. The van der Waals surface area contributed by atoms with Gasteiger partial charge in [0, 0.05) is 42.8 Å². The van der Waals surface area contributed by atoms with E-state index in [1.165, 1.54) is 18.2 Å². The average Bonchev–Trinajstić information content (AvgIpc) is 3.24. The standard InChI is InChI=1S/C21H17F4N3OS/c22-16-4-6-17(7-5-16)27-8-10-28(11-9-27)20(29)18-13-30-19(26-18)14-2-1-3-15(12-14)21(23,24)25/h1-7,12-13H,8-11H2. The SMILES string of the molecule is O=C(c1csc(-c2cccc(C(F)(F)F)c2)n1)N1CCN(c2ccc(F)cc2)CC1. The van der Waals surface area contributed by atoms with Crippen LogP contribution in [0.3, 0.4) is 0 Å². The molecule has 1 aromatic heterocycles. The second-order valence-electron chi connectivity index (χ2n) is 6.87. The first-order valence-electron chi connectivity index (χ1n) is 9.24. The highest BCUT2D eigenvalue weighted by Gasteiger charge is 2.31. The van der Waals surface area contributed by atoms with Crippen molar-refractivity contribution in [3.63, 3.8) is 0 Å². The second kappa shape index (κ2) is 8.06. The monoisotopic (exact) mass is 435 g/mol. The Kier molecular flexibility index (Phi) is 5.46. The van der Waals surface area contributed by atoms with Crippen molar-refractivity contribution in [1.82, 2.24) is 9.88 Å². The summed E-state index contributed by atoms with van der Waals surface area (Å²) >= 11 is 1.14. The van der Waals surface area contributed by atoms with E-state index in [-0.39, 0.29) is 17.4 Å². The fourth-order valence-electron chi connectivity index (χ4n) is 3.31. The molecule has 2 heterocycles. The van der Waals surface area contributed by atoms with E-state index in [4.69, 9.17) is 0 Å². The smallest absolute Gasteiger partial charge is 0.368 e. The maximum Gasteiger partial charge on any atom is 0.416 e. The van der Waals surface area contributed by atoms with Crippen LogP contribution >= 0.6 is 11.3 Å². The van der Waals surface area contributed by atoms with Gasteiger partial charge in [-0.15, -0.1) is 11.3 Å². The number of anilines is 1. The van der Waals surface area contributed by atoms with Gasteiger partial charge in [0.2, 0.25) is 0 Å². The van der Waals surface area contributed by atoms with Crippen molar-refractivity contribution >= 4 is 22.9 Å². The van der Waals surface area contributed by atoms with Crippen molar-refractivity contribution in [3.05, 3.63) is 71.0 Å². The Hall–Kier alpha value is -2.94. The summed E-state index contributed by atoms with van der Waals surface area (Å²) in [4.78, 5) is 20.8. The molecule has 0 spiro atoms. The van der Waals surface area contributed by atoms with Gasteiger partial charge in [-0.1, -0.05) is 12.1 Å². The van der Waals surface area contributed by atoms with E-state index in [2.05, 4.69) is 9.88 Å². The molecule has 156 valence electrons. The van der Waals surface area contributed by atoms with Crippen molar-refractivity contribution in [2.45, 2.75) is 6.18 Å². The quantitative estimate of drug-likeness (QED) is 0.548. The number of thiazole rings is 1. The van der Waals surface area contributed by atoms with E-state index >= 15 is 0 Å². The number of alkyl halides is 3. The molecule has 2 aromatic carbocycles. The number of benzene rings is 2. The predicted octanol–water partition coefficient (Wildman–Crippen LogP) is 4.93. The van der Waals surface area contributed by atoms with E-state index in [0.29, 0.717) is 36.8 Å². The molecule has 1 saturated heterocycles. The van der Waals surface area contributed by atoms with Gasteiger partial charge in [-0.25, -0.2) is 9.37 Å². The van der Waals surface area contributed by atoms with Gasteiger partial charge in [0.1, 0.15) is 16.5 Å². The lowest BCUT2D eigenvalue weighted by Crippen LogP contribution is -2.48. The van der Waals surface area contributed by atoms with Crippen molar-refractivity contribution in [2.24, 2.45) is 0 Å². The number of piperazine rings is 1. The summed E-state index contributed by atoms with van der Waals surface area (Å²) in [6.07, 6.45) is -4.43. The van der Waals surface area contributed by atoms with Crippen LogP contribution in [-0.4, -0.2) is 42.0 Å². The van der Waals surface area contributed by atoms with Gasteiger partial charge in [-0.2, -0.15) is 13.2 Å². The Balaban J connectivity index is 1.43. The van der Waals surface area contributed by atoms with Crippen LogP contribution in [-0.2, 0) is 6.18 Å². The average molecular weight is 435 g/mol. The molecule has 30 heavy (non-hydrogen) atoms. The summed E-state index contributed by atoms with van der Waals surface area (Å²) < 4.78 is 51.9. The Labute approximate surface area is 174 Å². The fraction of sp³-hybridized carbons (Fsp3) is 0.238. The third-order valence-corrected chi connectivity index (χ3v) is 5.81. The summed E-state index contributed by atoms with van der Waals surface area (Å²) in [6, 6.07) is 11.1. The molecular formula is C21H17F4N3OS. The number of rotatable bonds is 3. The van der Waals surface area contributed by atoms with Crippen LogP contribution in [0.5, 0.6) is 0 Å². The minimum absolute atomic E-state index is 0.225. The van der Waals surface area contributed by atoms with Gasteiger partial charge < -0.3 is 9.80 Å². The zero-order valence-corrected chi connectivity index (χ0v) is 16.5. The predicted molar refractivity (Wildman–Crippen MR) is 107 cm³/mol. The highest BCUT2D eigenvalue weighted by molar-refractivity contribution is 7.13. The highest BCUT2D eigenvalue weighted by Crippen LogP contribution is 2.33. The first-order valence-corrected chi connectivity index (χ1v) is 10.1. The number of carbonyl (C=O) groups is 1. The first kappa shape index (κ1) is 20.3. The van der Waals surface area contributed by atoms with Crippen LogP contribution in [0, 0.1) is 5.82 Å². The van der Waals surface area contributed by atoms with Crippen LogP contribution in [0.15, 0.2) is 53.9 Å². The van der Waals surface area contributed by atoms with Crippen molar-refractivity contribution < 1.29 is 22.4 Å². The topological polar surface area (TPSA) is 36.4 Å². The molecule has 4 rings (SSSR count). The van der Waals surface area contributed by atoms with E-state index in [1.807, 2.05) is 0 Å². The van der Waals surface area contributed by atoms with Crippen LogP contribution in [0.4, 0.5) is 23.2 Å². The minimum Gasteiger partial charge on any atom is -0.368 e. The van der Waals surface area contributed by atoms with Gasteiger partial charge in [0.25, 0.3) is 5.91 Å². The van der Waals surface area contributed by atoms with Crippen LogP contribution in [0.2, 0.25) is 0 Å². The molecular weight excluding hydrogens is 418 g/mol. The first-order chi connectivity index (χ1) is 14.3. The minimum atomic E-state index is -4.43. The Morgan fingerprint density at radius 1 is 1.00 bits per heavy atom. The molecule has 9 heteroatoms. The zero-order valence-electron chi connectivity index (χ0n) is 15.7. The third-order valence-electron chi connectivity index (χ3n) is 4.92. The fourth-order valence-corrected chi connectivity index (χ4v) is 4.11. The lowest BCUT2D eigenvalue weighted by Gasteiger charge is -2.35. The summed E-state index contributed by atoms with van der Waals surface area (Å²) in [5.74, 6) is -0.545. The molecule has 0 unspecified atom stereocenters. The summed E-state index contributed by atoms with van der Waals surface area (Å²) in [7, 11) is 0. The van der Waals surface area contributed by atoms with Gasteiger partial charge in [-0.3, -0.25) is 4.79 Å². The Morgan fingerprint density at radius 3 is 2.37 bits per heavy atom. The lowest BCUT2D eigenvalue weighted by molar-refractivity contribution is -0.137. The molecule has 0 saturated carbocycles. The van der Waals surface area contributed by atoms with Crippen LogP contribution in [0.25, 0.3) is 10.6 Å². The molecule has 0 bridgehead atoms. The Bertz CT molecular complexity index is 1040. The molecule has 1 fully saturated rings. The van der Waals surface area contributed by atoms with Crippen molar-refractivity contribution in [1.29, 1.82) is 0 Å². The van der Waals surface area contributed by atoms with Gasteiger partial charge >= 0.3 is 6.18 Å². The molecule has 1 aliphatic rings. The maximum atomic E-state index is 13.1. The molecule has 1 amide bonds. The number of halogens is 4. The number of nitrogens with zero attached hydrogens (tertiary/aromatic N) is 3. The number of aromatic nitrogens is 1. The lowest BCUT2D eigenvalue weighted by atomic mass is 10.1. The van der Waals surface area contributed by atoms with E-state index in [9.17, 15) is 22.4 Å². The van der Waals surface area contributed by atoms with Crippen molar-refractivity contribution in [2.75, 3.05) is 31.1 Å². The second-order valence-corrected chi connectivity index (χ2v) is 7.73. The number of amides is 1. The summed E-state index contributed by atoms with van der Waals surface area (Å²) in [5.41, 5.74) is 0.696. The van der Waals surface area contributed by atoms with Gasteiger partial charge in [0.15, 0.2) is 0 Å². The van der Waals surface area contributed by atoms with Crippen LogP contribution in [0.1, 0.15) is 16.1 Å². The number of hydrogen-bond donors (Lipinski definition) is 0. The van der Waals surface area contributed by atoms with E-state index in [1.54, 1.807) is 28.5 Å². The number of hydrogen-bond acceptors (Lipinski definition) is 4. The molecule has 3 aromatic rings. The largest absolute Gasteiger partial charge is 0.416 e. The molecule has 4 nitrogen and oxygen atoms in total. The maximum absolute atomic E-state index is 13.1. The van der Waals surface area contributed by atoms with E-state index in [0.717, 1.165) is 29.2 Å². The zero-order chi connectivity index (χ0) is 21.3. The van der Waals surface area contributed by atoms with Crippen molar-refractivity contribution in [3.8, 4) is 10.6 Å². The highest BCUT2D eigenvalue weighted by atomic mass is 32.1. The van der Waals surface area contributed by atoms with E-state index < -0.39 is 11.7 Å². The normalized spacial score (nSPS) is 14.8. The van der Waals surface area contributed by atoms with Gasteiger partial charge in [0.05, 0.1) is 5.56 Å². The number of carbonyl (C=O) groups excluding carboxylic acids is 1. The van der Waals surface area contributed by atoms with Gasteiger partial charge in [-0.05, 0) is 36.4 Å². The molecule has 0 aliphatic carbocycles. The summed E-state index contributed by atoms with van der Waals surface area (Å²) in [5, 5.41) is 1.94. The van der Waals surface area contributed by atoms with Crippen LogP contribution < -0.4 is 4.90 Å². The molecule has 0 atom stereocenters. The molecule has 0 radical (unpaired) electrons.